The normalized spacial score (nSPS) is 30.1. The molecule has 2 aliphatic rings. The van der Waals surface area contributed by atoms with E-state index in [9.17, 15) is 10.2 Å². The summed E-state index contributed by atoms with van der Waals surface area (Å²) in [5.74, 6) is 0.704. The lowest BCUT2D eigenvalue weighted by molar-refractivity contribution is -0.0535. The second kappa shape index (κ2) is 7.43. The summed E-state index contributed by atoms with van der Waals surface area (Å²) >= 11 is 0. The predicted octanol–water partition coefficient (Wildman–Crippen LogP) is 0.836. The van der Waals surface area contributed by atoms with Gasteiger partial charge in [-0.3, -0.25) is 4.57 Å². The van der Waals surface area contributed by atoms with Crippen molar-refractivity contribution in [3.05, 3.63) is 12.7 Å². The second-order valence-corrected chi connectivity index (χ2v) is 6.96. The van der Waals surface area contributed by atoms with Gasteiger partial charge in [-0.2, -0.15) is 0 Å². The summed E-state index contributed by atoms with van der Waals surface area (Å²) < 4.78 is 12.7. The number of methoxy groups -OCH3 is 1. The monoisotopic (exact) mass is 363 g/mol. The predicted molar refractivity (Wildman–Crippen MR) is 93.6 cm³/mol. The number of nitrogens with zero attached hydrogens (tertiary/aromatic N) is 4. The molecule has 9 heteroatoms. The molecule has 0 amide bonds. The average molecular weight is 363 g/mol. The molecule has 3 heterocycles. The van der Waals surface area contributed by atoms with Gasteiger partial charge in [-0.05, 0) is 12.8 Å². The number of imidazole rings is 1. The number of rotatable bonds is 5. The van der Waals surface area contributed by atoms with Gasteiger partial charge in [0.15, 0.2) is 23.2 Å². The number of aliphatic hydroxyl groups is 2. The Morgan fingerprint density at radius 3 is 2.77 bits per heavy atom. The van der Waals surface area contributed by atoms with Crippen molar-refractivity contribution in [2.24, 2.45) is 0 Å². The van der Waals surface area contributed by atoms with Crippen LogP contribution in [0.3, 0.4) is 0 Å². The fourth-order valence-corrected chi connectivity index (χ4v) is 3.97. The quantitative estimate of drug-likeness (QED) is 0.716. The summed E-state index contributed by atoms with van der Waals surface area (Å²) in [6.45, 7) is -0.234. The van der Waals surface area contributed by atoms with Gasteiger partial charge < -0.3 is 25.0 Å². The molecular formula is C17H25N5O4. The van der Waals surface area contributed by atoms with Gasteiger partial charge >= 0.3 is 0 Å². The molecule has 1 aliphatic heterocycles. The van der Waals surface area contributed by atoms with E-state index in [1.807, 2.05) is 0 Å². The molecular weight excluding hydrogens is 338 g/mol. The zero-order valence-electron chi connectivity index (χ0n) is 14.8. The molecule has 1 aliphatic carbocycles. The lowest BCUT2D eigenvalue weighted by Gasteiger charge is -2.23. The minimum absolute atomic E-state index is 0.234. The smallest absolute Gasteiger partial charge is 0.167 e. The number of anilines is 1. The molecule has 2 aromatic heterocycles. The average Bonchev–Trinajstić information content (AvgIpc) is 3.23. The van der Waals surface area contributed by atoms with Crippen LogP contribution in [0.1, 0.15) is 38.3 Å². The van der Waals surface area contributed by atoms with E-state index in [0.29, 0.717) is 23.0 Å². The topological polar surface area (TPSA) is 115 Å². The third-order valence-corrected chi connectivity index (χ3v) is 5.34. The minimum Gasteiger partial charge on any atom is -0.394 e. The molecule has 3 N–H and O–H groups in total. The van der Waals surface area contributed by atoms with E-state index in [4.69, 9.17) is 9.47 Å². The molecule has 0 aromatic carbocycles. The van der Waals surface area contributed by atoms with E-state index in [2.05, 4.69) is 20.3 Å². The van der Waals surface area contributed by atoms with E-state index in [0.717, 1.165) is 12.8 Å². The van der Waals surface area contributed by atoms with Crippen LogP contribution in [0, 0.1) is 0 Å². The van der Waals surface area contributed by atoms with Gasteiger partial charge in [-0.25, -0.2) is 15.0 Å². The zero-order valence-corrected chi connectivity index (χ0v) is 14.8. The molecule has 26 heavy (non-hydrogen) atoms. The van der Waals surface area contributed by atoms with Crippen LogP contribution in [0.15, 0.2) is 12.7 Å². The summed E-state index contributed by atoms with van der Waals surface area (Å²) in [6, 6.07) is 0.400. The fraction of sp³-hybridized carbons (Fsp3) is 0.706. The number of hydrogen-bond donors (Lipinski definition) is 3. The largest absolute Gasteiger partial charge is 0.394 e. The minimum atomic E-state index is -0.931. The van der Waals surface area contributed by atoms with Crippen LogP contribution in [-0.4, -0.2) is 67.8 Å². The summed E-state index contributed by atoms with van der Waals surface area (Å²) in [6.07, 6.45) is 6.22. The van der Waals surface area contributed by atoms with Gasteiger partial charge in [0.25, 0.3) is 0 Å². The maximum absolute atomic E-state index is 10.5. The molecule has 0 radical (unpaired) electrons. The van der Waals surface area contributed by atoms with Crippen molar-refractivity contribution in [2.75, 3.05) is 19.0 Å². The van der Waals surface area contributed by atoms with Gasteiger partial charge in [0.05, 0.1) is 12.9 Å². The van der Waals surface area contributed by atoms with Crippen molar-refractivity contribution in [1.29, 1.82) is 0 Å². The Labute approximate surface area is 151 Å². The first kappa shape index (κ1) is 17.6. The second-order valence-electron chi connectivity index (χ2n) is 6.96. The molecule has 1 saturated heterocycles. The molecule has 2 fully saturated rings. The lowest BCUT2D eigenvalue weighted by Crippen LogP contribution is -2.35. The SMILES string of the molecule is CO[C@H]1[C@@H](O)[C@H](n2cnc3c(NC4CCCCC4)ncnc32)O[C@@H]1CO. The van der Waals surface area contributed by atoms with Crippen LogP contribution in [0.25, 0.3) is 11.2 Å². The Hall–Kier alpha value is -1.81. The number of ether oxygens (including phenoxy) is 2. The van der Waals surface area contributed by atoms with Gasteiger partial charge in [-0.15, -0.1) is 0 Å². The standard InChI is InChI=1S/C17H25N5O4/c1-25-14-11(7-23)26-17(13(14)24)22-9-20-12-15(18-8-19-16(12)22)21-10-5-3-2-4-6-10/h8-11,13-14,17,23-24H,2-7H2,1H3,(H,18,19,21)/t11-,13-,14-,17-/m1/s1. The zero-order chi connectivity index (χ0) is 18.1. The van der Waals surface area contributed by atoms with Crippen LogP contribution >= 0.6 is 0 Å². The van der Waals surface area contributed by atoms with Gasteiger partial charge in [0.1, 0.15) is 24.6 Å². The van der Waals surface area contributed by atoms with Gasteiger partial charge in [0.2, 0.25) is 0 Å². The Morgan fingerprint density at radius 1 is 1.27 bits per heavy atom. The highest BCUT2D eigenvalue weighted by molar-refractivity contribution is 5.82. The molecule has 1 saturated carbocycles. The molecule has 9 nitrogen and oxygen atoms in total. The highest BCUT2D eigenvalue weighted by atomic mass is 16.6. The molecule has 0 unspecified atom stereocenters. The van der Waals surface area contributed by atoms with Gasteiger partial charge in [0, 0.05) is 13.2 Å². The van der Waals surface area contributed by atoms with Crippen molar-refractivity contribution in [2.45, 2.75) is 62.7 Å². The lowest BCUT2D eigenvalue weighted by atomic mass is 9.95. The van der Waals surface area contributed by atoms with Crippen LogP contribution in [0.2, 0.25) is 0 Å². The van der Waals surface area contributed by atoms with Crippen molar-refractivity contribution in [3.8, 4) is 0 Å². The number of aromatic nitrogens is 4. The first-order valence-electron chi connectivity index (χ1n) is 9.14. The van der Waals surface area contributed by atoms with Crippen LogP contribution in [0.5, 0.6) is 0 Å². The Morgan fingerprint density at radius 2 is 2.08 bits per heavy atom. The fourth-order valence-electron chi connectivity index (χ4n) is 3.97. The Bertz CT molecular complexity index is 748. The Kier molecular flexibility index (Phi) is 5.03. The highest BCUT2D eigenvalue weighted by Crippen LogP contribution is 2.33. The summed E-state index contributed by atoms with van der Waals surface area (Å²) in [4.78, 5) is 13.1. The van der Waals surface area contributed by atoms with E-state index in [-0.39, 0.29) is 6.61 Å². The van der Waals surface area contributed by atoms with Crippen molar-refractivity contribution < 1.29 is 19.7 Å². The van der Waals surface area contributed by atoms with Crippen molar-refractivity contribution in [1.82, 2.24) is 19.5 Å². The van der Waals surface area contributed by atoms with Crippen molar-refractivity contribution in [3.63, 3.8) is 0 Å². The first-order chi connectivity index (χ1) is 12.7. The third kappa shape index (κ3) is 3.05. The van der Waals surface area contributed by atoms with Gasteiger partial charge in [-0.1, -0.05) is 19.3 Å². The Balaban J connectivity index is 1.62. The van der Waals surface area contributed by atoms with Crippen molar-refractivity contribution >= 4 is 17.0 Å². The molecule has 2 aromatic rings. The summed E-state index contributed by atoms with van der Waals surface area (Å²) in [7, 11) is 1.49. The molecule has 142 valence electrons. The highest BCUT2D eigenvalue weighted by Gasteiger charge is 2.45. The molecule has 4 atom stereocenters. The number of fused-ring (bicyclic) bond motifs is 1. The molecule has 0 spiro atoms. The third-order valence-electron chi connectivity index (χ3n) is 5.34. The van der Waals surface area contributed by atoms with Crippen LogP contribution in [0.4, 0.5) is 5.82 Å². The number of nitrogens with one attached hydrogen (secondary N) is 1. The van der Waals surface area contributed by atoms with E-state index in [1.165, 1.54) is 32.7 Å². The van der Waals surface area contributed by atoms with E-state index < -0.39 is 24.5 Å². The van der Waals surface area contributed by atoms with Crippen LogP contribution in [-0.2, 0) is 9.47 Å². The van der Waals surface area contributed by atoms with Crippen LogP contribution < -0.4 is 5.32 Å². The maximum atomic E-state index is 10.5. The summed E-state index contributed by atoms with van der Waals surface area (Å²) in [5, 5.41) is 23.5. The molecule has 0 bridgehead atoms. The van der Waals surface area contributed by atoms with E-state index >= 15 is 0 Å². The first-order valence-corrected chi connectivity index (χ1v) is 9.14. The van der Waals surface area contributed by atoms with E-state index in [1.54, 1.807) is 10.9 Å². The number of hydrogen-bond acceptors (Lipinski definition) is 8. The maximum Gasteiger partial charge on any atom is 0.167 e. The number of aliphatic hydroxyl groups excluding tert-OH is 2. The summed E-state index contributed by atoms with van der Waals surface area (Å²) in [5.41, 5.74) is 1.23. The molecule has 4 rings (SSSR count).